The number of halogens is 2. The third-order valence-electron chi connectivity index (χ3n) is 10.9. The summed E-state index contributed by atoms with van der Waals surface area (Å²) in [6.07, 6.45) is -1.07. The molecule has 3 aromatic rings. The summed E-state index contributed by atoms with van der Waals surface area (Å²) < 4.78 is 29.4. The lowest BCUT2D eigenvalue weighted by Crippen LogP contribution is -2.54. The van der Waals surface area contributed by atoms with Crippen LogP contribution in [0.1, 0.15) is 48.9 Å². The number of anilines is 2. The molecule has 1 spiro atoms. The zero-order valence-electron chi connectivity index (χ0n) is 29.0. The molecule has 0 aromatic heterocycles. The Hall–Kier alpha value is -3.91. The Kier molecular flexibility index (Phi) is 9.22. The number of carbonyl (C=O) groups excluding carboxylic acids is 4. The van der Waals surface area contributed by atoms with E-state index >= 15 is 4.11 Å². The molecule has 1 unspecified atom stereocenters. The van der Waals surface area contributed by atoms with Gasteiger partial charge < -0.3 is 28.5 Å². The van der Waals surface area contributed by atoms with E-state index in [0.717, 1.165) is 21.2 Å². The monoisotopic (exact) mass is 777 g/mol. The zero-order valence-corrected chi connectivity index (χ0v) is 31.6. The van der Waals surface area contributed by atoms with Crippen LogP contribution in [0.4, 0.5) is 15.5 Å². The van der Waals surface area contributed by atoms with E-state index in [-0.39, 0.29) is 43.7 Å². The van der Waals surface area contributed by atoms with Crippen LogP contribution in [-0.4, -0.2) is 67.1 Å². The predicted octanol–water partition coefficient (Wildman–Crippen LogP) is 5.73. The fourth-order valence-corrected chi connectivity index (χ4v) is 11.5. The van der Waals surface area contributed by atoms with Gasteiger partial charge in [0.05, 0.1) is 43.8 Å². The molecule has 4 aliphatic rings. The molecule has 3 amide bonds. The van der Waals surface area contributed by atoms with Crippen molar-refractivity contribution in [2.24, 2.45) is 5.92 Å². The maximum Gasteiger partial charge on any atom is 0.304 e. The molecule has 4 heterocycles. The van der Waals surface area contributed by atoms with Gasteiger partial charge in [0, 0.05) is 40.7 Å². The van der Waals surface area contributed by atoms with Crippen LogP contribution in [0.15, 0.2) is 71.2 Å². The van der Waals surface area contributed by atoms with Crippen molar-refractivity contribution in [2.75, 3.05) is 16.4 Å². The van der Waals surface area contributed by atoms with Gasteiger partial charge in [-0.2, -0.15) is 0 Å². The maximum absolute atomic E-state index is 16.5. The van der Waals surface area contributed by atoms with Gasteiger partial charge in [-0.15, -0.1) is 0 Å². The molecular weight excluding hydrogens is 737 g/mol. The molecule has 10 nitrogen and oxygen atoms in total. The fourth-order valence-electron chi connectivity index (χ4n) is 8.68. The second-order valence-corrected chi connectivity index (χ2v) is 19.3. The normalized spacial score (nSPS) is 27.0. The molecule has 0 radical (unpaired) electrons. The topological polar surface area (TPSA) is 117 Å². The van der Waals surface area contributed by atoms with Crippen LogP contribution in [0.25, 0.3) is 0 Å². The lowest BCUT2D eigenvalue weighted by atomic mass is 9.82. The molecule has 2 saturated heterocycles. The van der Waals surface area contributed by atoms with Gasteiger partial charge in [0.1, 0.15) is 0 Å². The molecule has 13 heteroatoms. The quantitative estimate of drug-likeness (QED) is 0.134. The highest BCUT2D eigenvalue weighted by Crippen LogP contribution is 2.60. The number of benzene rings is 3. The van der Waals surface area contributed by atoms with Crippen molar-refractivity contribution in [3.8, 4) is 0 Å². The molecule has 51 heavy (non-hydrogen) atoms. The number of ether oxygens (including phenoxy) is 2. The Bertz CT molecular complexity index is 1920. The Morgan fingerprint density at radius 1 is 1.06 bits per heavy atom. The molecule has 7 rings (SSSR count). The smallest absolute Gasteiger partial charge is 0.304 e. The average molecular weight is 779 g/mol. The summed E-state index contributed by atoms with van der Waals surface area (Å²) in [6.45, 7) is 6.62. The van der Waals surface area contributed by atoms with E-state index in [0.29, 0.717) is 29.9 Å². The van der Waals surface area contributed by atoms with Gasteiger partial charge in [0.2, 0.25) is 20.2 Å². The van der Waals surface area contributed by atoms with Crippen molar-refractivity contribution < 1.29 is 37.9 Å². The lowest BCUT2D eigenvalue weighted by Gasteiger charge is -2.39. The Labute approximate surface area is 305 Å². The van der Waals surface area contributed by atoms with Crippen LogP contribution in [0, 0.1) is 5.92 Å². The van der Waals surface area contributed by atoms with Crippen molar-refractivity contribution in [3.05, 3.63) is 93.5 Å². The fraction of sp³-hybridized carbons (Fsp3) is 0.421. The van der Waals surface area contributed by atoms with Crippen LogP contribution < -0.4 is 9.80 Å². The Morgan fingerprint density at radius 3 is 2.49 bits per heavy atom. The summed E-state index contributed by atoms with van der Waals surface area (Å²) in [5.74, 6) is -1.85. The highest BCUT2D eigenvalue weighted by Gasteiger charge is 2.67. The van der Waals surface area contributed by atoms with Crippen LogP contribution in [0.3, 0.4) is 0 Å². The van der Waals surface area contributed by atoms with E-state index in [1.54, 1.807) is 41.1 Å². The third kappa shape index (κ3) is 6.11. The van der Waals surface area contributed by atoms with Crippen molar-refractivity contribution in [1.82, 2.24) is 4.90 Å². The summed E-state index contributed by atoms with van der Waals surface area (Å²) in [7, 11) is -3.55. The van der Waals surface area contributed by atoms with Crippen molar-refractivity contribution in [3.63, 3.8) is 0 Å². The number of carbonyl (C=O) groups is 4. The van der Waals surface area contributed by atoms with E-state index in [1.807, 2.05) is 55.5 Å². The third-order valence-corrected chi connectivity index (χ3v) is 13.9. The SMILES string of the molecule is CC(=O)OC1CC(=O)N1c1cccc(CN2C(=O)[C@@]3(O[C@@H](CC(=O)N4Cc5ccccc5C[C@H]4CO)[C@H]([Si](C)(C)F)[C@H]3C)c3cc(Br)ccc32)c1. The molecule has 4 aliphatic heterocycles. The van der Waals surface area contributed by atoms with Crippen LogP contribution in [-0.2, 0) is 53.8 Å². The minimum Gasteiger partial charge on any atom is -0.441 e. The van der Waals surface area contributed by atoms with Gasteiger partial charge in [-0.3, -0.25) is 24.1 Å². The summed E-state index contributed by atoms with van der Waals surface area (Å²) >= 11 is 3.57. The molecule has 268 valence electrons. The molecule has 0 bridgehead atoms. The minimum atomic E-state index is -3.55. The number of hydrogen-bond donors (Lipinski definition) is 1. The average Bonchev–Trinajstić information content (AvgIpc) is 3.49. The number of β-lactam (4-membered cyclic amide) rings is 1. The minimum absolute atomic E-state index is 0.0964. The summed E-state index contributed by atoms with van der Waals surface area (Å²) in [4.78, 5) is 57.8. The van der Waals surface area contributed by atoms with E-state index in [4.69, 9.17) is 9.47 Å². The van der Waals surface area contributed by atoms with Gasteiger partial charge in [0.25, 0.3) is 5.91 Å². The number of amides is 3. The van der Waals surface area contributed by atoms with Crippen LogP contribution in [0.5, 0.6) is 0 Å². The van der Waals surface area contributed by atoms with Crippen molar-refractivity contribution in [2.45, 2.75) is 88.8 Å². The molecular formula is C38H41BrFN3O7Si. The van der Waals surface area contributed by atoms with Gasteiger partial charge in [-0.25, -0.2) is 0 Å². The second-order valence-electron chi connectivity index (χ2n) is 14.6. The number of fused-ring (bicyclic) bond motifs is 3. The van der Waals surface area contributed by atoms with E-state index in [2.05, 4.69) is 15.9 Å². The van der Waals surface area contributed by atoms with Crippen molar-refractivity contribution >= 4 is 59.4 Å². The van der Waals surface area contributed by atoms with E-state index in [1.165, 1.54) is 11.8 Å². The summed E-state index contributed by atoms with van der Waals surface area (Å²) in [5.41, 5.74) is 2.37. The van der Waals surface area contributed by atoms with Gasteiger partial charge >= 0.3 is 5.97 Å². The molecule has 6 atom stereocenters. The zero-order chi connectivity index (χ0) is 36.4. The first-order valence-electron chi connectivity index (χ1n) is 17.3. The van der Waals surface area contributed by atoms with Crippen LogP contribution >= 0.6 is 15.9 Å². The number of aliphatic hydroxyl groups excluding tert-OH is 1. The number of rotatable bonds is 8. The van der Waals surface area contributed by atoms with E-state index in [9.17, 15) is 24.3 Å². The molecule has 3 aromatic carbocycles. The van der Waals surface area contributed by atoms with Gasteiger partial charge in [-0.05, 0) is 66.5 Å². The molecule has 0 aliphatic carbocycles. The standard InChI is InChI=1S/C38H41BrFN3O7Si/c1-22-36(51(3,4)40)32(17-33(46)41-20-26-10-6-5-9-25(26)15-29(41)21-44)50-38(22)30-16-27(39)12-13-31(30)42(37(38)48)19-24-8-7-11-28(14-24)43-34(47)18-35(43)49-23(2)45/h5-14,16,22,29,32,35-36,44H,15,17-21H2,1-4H3/t22-,29+,32+,35?,36-,38+/m1/s1. The largest absolute Gasteiger partial charge is 0.441 e. The Balaban J connectivity index is 1.20. The summed E-state index contributed by atoms with van der Waals surface area (Å²) in [6, 6.07) is 20.1. The van der Waals surface area contributed by atoms with Crippen LogP contribution in [0.2, 0.25) is 18.6 Å². The molecule has 0 saturated carbocycles. The number of hydrogen-bond acceptors (Lipinski definition) is 7. The van der Waals surface area contributed by atoms with Gasteiger partial charge in [-0.1, -0.05) is 59.3 Å². The highest BCUT2D eigenvalue weighted by molar-refractivity contribution is 9.10. The Morgan fingerprint density at radius 2 is 1.80 bits per heavy atom. The maximum atomic E-state index is 16.5. The van der Waals surface area contributed by atoms with E-state index < -0.39 is 49.8 Å². The first kappa shape index (κ1) is 35.5. The first-order valence-corrected chi connectivity index (χ1v) is 21.0. The highest BCUT2D eigenvalue weighted by atomic mass is 79.9. The number of aliphatic hydroxyl groups is 1. The first-order chi connectivity index (χ1) is 24.2. The predicted molar refractivity (Wildman–Crippen MR) is 194 cm³/mol. The molecule has 1 N–H and O–H groups in total. The van der Waals surface area contributed by atoms with Crippen molar-refractivity contribution in [1.29, 1.82) is 0 Å². The van der Waals surface area contributed by atoms with Gasteiger partial charge in [0.15, 0.2) is 11.8 Å². The lowest BCUT2D eigenvalue weighted by molar-refractivity contribution is -0.154. The second kappa shape index (κ2) is 13.3. The molecule has 2 fully saturated rings. The summed E-state index contributed by atoms with van der Waals surface area (Å²) in [5, 5.41) is 10.3. The number of nitrogens with zero attached hydrogens (tertiary/aromatic N) is 3. The number of esters is 1.